The molecule has 0 radical (unpaired) electrons. The molecule has 1 aromatic heterocycles. The Hall–Kier alpha value is -2.12. The van der Waals surface area contributed by atoms with Gasteiger partial charge in [-0.05, 0) is 5.56 Å². The van der Waals surface area contributed by atoms with Crippen LogP contribution in [0.4, 0.5) is 5.13 Å². The van der Waals surface area contributed by atoms with Crippen molar-refractivity contribution in [1.29, 1.82) is 0 Å². The highest BCUT2D eigenvalue weighted by atomic mass is 32.1. The van der Waals surface area contributed by atoms with Gasteiger partial charge in [0.2, 0.25) is 0 Å². The van der Waals surface area contributed by atoms with Crippen LogP contribution in [0.1, 0.15) is 11.3 Å². The largest absolute Gasteiger partial charge is 0.375 e. The average molecular weight is 347 g/mol. The Morgan fingerprint density at radius 3 is 2.71 bits per heavy atom. The molecule has 6 nitrogen and oxygen atoms in total. The summed E-state index contributed by atoms with van der Waals surface area (Å²) in [6, 6.07) is 10.2. The normalized spacial score (nSPS) is 11.4. The Morgan fingerprint density at radius 1 is 1.25 bits per heavy atom. The van der Waals surface area contributed by atoms with Gasteiger partial charge in [0.05, 0.1) is 25.5 Å². The second-order valence-corrected chi connectivity index (χ2v) is 6.24. The van der Waals surface area contributed by atoms with Crippen LogP contribution in [0.15, 0.2) is 40.7 Å². The molecule has 0 spiro atoms. The van der Waals surface area contributed by atoms with Gasteiger partial charge in [0.15, 0.2) is 11.1 Å². The summed E-state index contributed by atoms with van der Waals surface area (Å²) in [5.74, 6) is 0.748. The molecule has 2 rings (SSSR count). The zero-order chi connectivity index (χ0) is 17.2. The van der Waals surface area contributed by atoms with Crippen molar-refractivity contribution in [2.45, 2.75) is 13.2 Å². The summed E-state index contributed by atoms with van der Waals surface area (Å²) in [5, 5.41) is 9.55. The standard InChI is InChI=1S/C17H25N5OS/c1-18-16(20-11-15-13-24-17(21-15)22(2)3)19-9-10-23-12-14-7-5-4-6-8-14/h4-8,13H,9-12H2,1-3H3,(H2,18,19,20). The second-order valence-electron chi connectivity index (χ2n) is 5.41. The van der Waals surface area contributed by atoms with Crippen molar-refractivity contribution in [3.63, 3.8) is 0 Å². The predicted octanol–water partition coefficient (Wildman–Crippen LogP) is 2.09. The van der Waals surface area contributed by atoms with Crippen LogP contribution in [0.3, 0.4) is 0 Å². The number of aliphatic imine (C=N–C) groups is 1. The van der Waals surface area contributed by atoms with Crippen molar-refractivity contribution in [3.05, 3.63) is 47.0 Å². The van der Waals surface area contributed by atoms with Crippen molar-refractivity contribution in [1.82, 2.24) is 15.6 Å². The smallest absolute Gasteiger partial charge is 0.191 e. The first kappa shape index (κ1) is 18.2. The van der Waals surface area contributed by atoms with Crippen LogP contribution in [0.25, 0.3) is 0 Å². The van der Waals surface area contributed by atoms with E-state index in [0.717, 1.165) is 16.8 Å². The van der Waals surface area contributed by atoms with E-state index in [9.17, 15) is 0 Å². The van der Waals surface area contributed by atoms with Crippen molar-refractivity contribution in [2.24, 2.45) is 4.99 Å². The number of nitrogens with zero attached hydrogens (tertiary/aromatic N) is 3. The van der Waals surface area contributed by atoms with Gasteiger partial charge in [-0.15, -0.1) is 11.3 Å². The molecule has 0 unspecified atom stereocenters. The summed E-state index contributed by atoms with van der Waals surface area (Å²) in [7, 11) is 5.74. The Bertz CT molecular complexity index is 627. The van der Waals surface area contributed by atoms with Gasteiger partial charge in [-0.3, -0.25) is 4.99 Å². The van der Waals surface area contributed by atoms with E-state index in [2.05, 4.69) is 38.1 Å². The number of hydrogen-bond acceptors (Lipinski definition) is 5. The molecule has 1 aromatic carbocycles. The highest BCUT2D eigenvalue weighted by Gasteiger charge is 2.04. The Morgan fingerprint density at radius 2 is 2.04 bits per heavy atom. The lowest BCUT2D eigenvalue weighted by atomic mass is 10.2. The molecule has 0 aliphatic rings. The molecule has 0 saturated carbocycles. The van der Waals surface area contributed by atoms with Gasteiger partial charge in [0, 0.05) is 33.1 Å². The third-order valence-electron chi connectivity index (χ3n) is 3.23. The van der Waals surface area contributed by atoms with Crippen LogP contribution in [-0.4, -0.2) is 45.2 Å². The number of thiazole rings is 1. The molecule has 0 aliphatic carbocycles. The molecule has 24 heavy (non-hydrogen) atoms. The molecule has 0 aliphatic heterocycles. The molecule has 2 aromatic rings. The molecule has 0 bridgehead atoms. The third kappa shape index (κ3) is 6.17. The SMILES string of the molecule is CN=C(NCCOCc1ccccc1)NCc1csc(N(C)C)n1. The van der Waals surface area contributed by atoms with Gasteiger partial charge in [0.1, 0.15) is 0 Å². The summed E-state index contributed by atoms with van der Waals surface area (Å²) < 4.78 is 5.65. The first-order valence-corrected chi connectivity index (χ1v) is 8.75. The monoisotopic (exact) mass is 347 g/mol. The van der Waals surface area contributed by atoms with Crippen LogP contribution in [0.5, 0.6) is 0 Å². The van der Waals surface area contributed by atoms with Crippen molar-refractivity contribution >= 4 is 22.4 Å². The summed E-state index contributed by atoms with van der Waals surface area (Å²) in [4.78, 5) is 10.7. The third-order valence-corrected chi connectivity index (χ3v) is 4.29. The van der Waals surface area contributed by atoms with E-state index in [0.29, 0.717) is 26.3 Å². The fourth-order valence-electron chi connectivity index (χ4n) is 1.98. The average Bonchev–Trinajstić information content (AvgIpc) is 3.07. The van der Waals surface area contributed by atoms with E-state index in [-0.39, 0.29) is 0 Å². The maximum atomic E-state index is 5.65. The minimum absolute atomic E-state index is 0.622. The van der Waals surface area contributed by atoms with E-state index in [1.54, 1.807) is 18.4 Å². The van der Waals surface area contributed by atoms with E-state index in [4.69, 9.17) is 4.74 Å². The summed E-state index contributed by atoms with van der Waals surface area (Å²) >= 11 is 1.63. The minimum atomic E-state index is 0.622. The van der Waals surface area contributed by atoms with Gasteiger partial charge >= 0.3 is 0 Å². The molecular formula is C17H25N5OS. The van der Waals surface area contributed by atoms with Crippen LogP contribution >= 0.6 is 11.3 Å². The lowest BCUT2D eigenvalue weighted by Gasteiger charge is -2.11. The van der Waals surface area contributed by atoms with E-state index < -0.39 is 0 Å². The molecule has 0 atom stereocenters. The summed E-state index contributed by atoms with van der Waals surface area (Å²) in [5.41, 5.74) is 2.19. The Kier molecular flexibility index (Phi) is 7.51. The van der Waals surface area contributed by atoms with Gasteiger partial charge in [-0.25, -0.2) is 4.98 Å². The number of guanidine groups is 1. The fraction of sp³-hybridized carbons (Fsp3) is 0.412. The van der Waals surface area contributed by atoms with E-state index in [1.807, 2.05) is 37.2 Å². The Balaban J connectivity index is 1.63. The highest BCUT2D eigenvalue weighted by molar-refractivity contribution is 7.13. The topological polar surface area (TPSA) is 61.8 Å². The van der Waals surface area contributed by atoms with Crippen LogP contribution in [0, 0.1) is 0 Å². The molecular weight excluding hydrogens is 322 g/mol. The lowest BCUT2D eigenvalue weighted by molar-refractivity contribution is 0.125. The predicted molar refractivity (Wildman–Crippen MR) is 101 cm³/mol. The fourth-order valence-corrected chi connectivity index (χ4v) is 2.74. The maximum Gasteiger partial charge on any atom is 0.191 e. The van der Waals surface area contributed by atoms with Gasteiger partial charge in [-0.1, -0.05) is 30.3 Å². The molecule has 7 heteroatoms. The van der Waals surface area contributed by atoms with Gasteiger partial charge < -0.3 is 20.3 Å². The summed E-state index contributed by atoms with van der Waals surface area (Å²) in [6.45, 7) is 2.60. The number of benzene rings is 1. The van der Waals surface area contributed by atoms with E-state index in [1.165, 1.54) is 5.56 Å². The molecule has 0 saturated heterocycles. The number of rotatable bonds is 8. The molecule has 2 N–H and O–H groups in total. The zero-order valence-electron chi connectivity index (χ0n) is 14.5. The van der Waals surface area contributed by atoms with Crippen LogP contribution in [0.2, 0.25) is 0 Å². The van der Waals surface area contributed by atoms with Gasteiger partial charge in [-0.2, -0.15) is 0 Å². The maximum absolute atomic E-state index is 5.65. The first-order valence-electron chi connectivity index (χ1n) is 7.87. The number of ether oxygens (including phenoxy) is 1. The lowest BCUT2D eigenvalue weighted by Crippen LogP contribution is -2.38. The first-order chi connectivity index (χ1) is 11.7. The minimum Gasteiger partial charge on any atom is -0.375 e. The quantitative estimate of drug-likeness (QED) is 0.435. The number of aromatic nitrogens is 1. The highest BCUT2D eigenvalue weighted by Crippen LogP contribution is 2.17. The van der Waals surface area contributed by atoms with Crippen molar-refractivity contribution in [2.75, 3.05) is 39.2 Å². The number of nitrogens with one attached hydrogen (secondary N) is 2. The van der Waals surface area contributed by atoms with Crippen molar-refractivity contribution in [3.8, 4) is 0 Å². The van der Waals surface area contributed by atoms with Crippen LogP contribution < -0.4 is 15.5 Å². The van der Waals surface area contributed by atoms with Crippen molar-refractivity contribution < 1.29 is 4.74 Å². The van der Waals surface area contributed by atoms with Crippen LogP contribution in [-0.2, 0) is 17.9 Å². The van der Waals surface area contributed by atoms with E-state index >= 15 is 0 Å². The number of hydrogen-bond donors (Lipinski definition) is 2. The second kappa shape index (κ2) is 9.89. The number of anilines is 1. The molecule has 0 fully saturated rings. The molecule has 0 amide bonds. The zero-order valence-corrected chi connectivity index (χ0v) is 15.3. The molecule has 130 valence electrons. The van der Waals surface area contributed by atoms with Gasteiger partial charge in [0.25, 0.3) is 0 Å². The Labute approximate surface area is 147 Å². The summed E-state index contributed by atoms with van der Waals surface area (Å²) in [6.07, 6.45) is 0. The molecule has 1 heterocycles.